The molecule has 0 unspecified atom stereocenters. The summed E-state index contributed by atoms with van der Waals surface area (Å²) in [6.07, 6.45) is 4.53. The van der Waals surface area contributed by atoms with Gasteiger partial charge in [0.1, 0.15) is 0 Å². The van der Waals surface area contributed by atoms with Crippen molar-refractivity contribution in [3.8, 4) is 0 Å². The van der Waals surface area contributed by atoms with Gasteiger partial charge in [0.25, 0.3) is 0 Å². The van der Waals surface area contributed by atoms with E-state index in [1.165, 1.54) is 23.8 Å². The summed E-state index contributed by atoms with van der Waals surface area (Å²) in [5, 5.41) is 0. The van der Waals surface area contributed by atoms with Crippen molar-refractivity contribution in [3.05, 3.63) is 35.4 Å². The summed E-state index contributed by atoms with van der Waals surface area (Å²) in [5.41, 5.74) is 2.52. The summed E-state index contributed by atoms with van der Waals surface area (Å²) < 4.78 is 25.0. The lowest BCUT2D eigenvalue weighted by atomic mass is 9.64. The second-order valence-electron chi connectivity index (χ2n) is 5.09. The van der Waals surface area contributed by atoms with E-state index in [-0.39, 0.29) is 5.41 Å². The number of rotatable bonds is 4. The first kappa shape index (κ1) is 12.6. The van der Waals surface area contributed by atoms with Crippen LogP contribution in [-0.4, -0.2) is 21.2 Å². The molecule has 0 radical (unpaired) electrons. The van der Waals surface area contributed by atoms with Gasteiger partial charge in [-0.05, 0) is 25.3 Å². The van der Waals surface area contributed by atoms with E-state index in [4.69, 9.17) is 0 Å². The molecule has 1 aromatic rings. The van der Waals surface area contributed by atoms with Gasteiger partial charge in [-0.2, -0.15) is 0 Å². The van der Waals surface area contributed by atoms with Crippen LogP contribution in [0.4, 0.5) is 0 Å². The zero-order chi connectivity index (χ0) is 12.5. The van der Waals surface area contributed by atoms with Crippen LogP contribution in [0.25, 0.3) is 0 Å². The third-order valence-corrected chi connectivity index (χ3v) is 4.32. The third-order valence-electron chi connectivity index (χ3n) is 3.65. The maximum atomic E-state index is 11.2. The van der Waals surface area contributed by atoms with Crippen LogP contribution in [0.1, 0.15) is 30.4 Å². The molecule has 1 aliphatic rings. The van der Waals surface area contributed by atoms with Crippen LogP contribution in [0, 0.1) is 6.92 Å². The van der Waals surface area contributed by atoms with E-state index < -0.39 is 10.0 Å². The van der Waals surface area contributed by atoms with E-state index in [1.807, 2.05) is 0 Å². The van der Waals surface area contributed by atoms with Gasteiger partial charge in [0, 0.05) is 12.0 Å². The zero-order valence-electron chi connectivity index (χ0n) is 10.4. The molecule has 1 aromatic carbocycles. The second kappa shape index (κ2) is 4.42. The minimum Gasteiger partial charge on any atom is -0.215 e. The Morgan fingerprint density at radius 3 is 2.24 bits per heavy atom. The Balaban J connectivity index is 2.17. The molecule has 0 bridgehead atoms. The molecule has 0 amide bonds. The topological polar surface area (TPSA) is 46.2 Å². The quantitative estimate of drug-likeness (QED) is 0.891. The largest absolute Gasteiger partial charge is 0.215 e. The molecule has 17 heavy (non-hydrogen) atoms. The molecular formula is C13H19NO2S. The number of aryl methyl sites for hydroxylation is 1. The highest BCUT2D eigenvalue weighted by Gasteiger charge is 2.38. The van der Waals surface area contributed by atoms with E-state index in [0.29, 0.717) is 6.54 Å². The molecule has 1 aliphatic carbocycles. The maximum absolute atomic E-state index is 11.2. The van der Waals surface area contributed by atoms with Crippen molar-refractivity contribution in [2.45, 2.75) is 31.6 Å². The molecule has 2 rings (SSSR count). The Bertz CT molecular complexity index is 487. The van der Waals surface area contributed by atoms with Crippen LogP contribution < -0.4 is 4.72 Å². The molecule has 3 nitrogen and oxygen atoms in total. The monoisotopic (exact) mass is 253 g/mol. The van der Waals surface area contributed by atoms with Gasteiger partial charge in [0.15, 0.2) is 0 Å². The minimum atomic E-state index is -3.10. The first-order valence-electron chi connectivity index (χ1n) is 5.93. The Kier molecular flexibility index (Phi) is 3.27. The first-order chi connectivity index (χ1) is 7.91. The maximum Gasteiger partial charge on any atom is 0.208 e. The molecule has 0 heterocycles. The van der Waals surface area contributed by atoms with E-state index in [9.17, 15) is 8.42 Å². The molecule has 0 spiro atoms. The molecule has 0 saturated heterocycles. The second-order valence-corrected chi connectivity index (χ2v) is 6.93. The highest BCUT2D eigenvalue weighted by atomic mass is 32.2. The van der Waals surface area contributed by atoms with Gasteiger partial charge in [0.05, 0.1) is 6.26 Å². The summed E-state index contributed by atoms with van der Waals surface area (Å²) in [4.78, 5) is 0. The van der Waals surface area contributed by atoms with Crippen molar-refractivity contribution in [2.75, 3.05) is 12.8 Å². The molecule has 0 atom stereocenters. The lowest BCUT2D eigenvalue weighted by molar-refractivity contribution is 0.245. The van der Waals surface area contributed by atoms with Crippen molar-refractivity contribution in [1.82, 2.24) is 4.72 Å². The van der Waals surface area contributed by atoms with Crippen molar-refractivity contribution in [2.24, 2.45) is 0 Å². The average Bonchev–Trinajstić information content (AvgIpc) is 2.17. The highest BCUT2D eigenvalue weighted by molar-refractivity contribution is 7.88. The molecule has 1 N–H and O–H groups in total. The van der Waals surface area contributed by atoms with Crippen LogP contribution in [0.5, 0.6) is 0 Å². The van der Waals surface area contributed by atoms with Crippen LogP contribution in [0.3, 0.4) is 0 Å². The first-order valence-corrected chi connectivity index (χ1v) is 7.82. The Morgan fingerprint density at radius 1 is 1.24 bits per heavy atom. The fourth-order valence-electron chi connectivity index (χ4n) is 2.35. The molecule has 1 fully saturated rings. The summed E-state index contributed by atoms with van der Waals surface area (Å²) in [6.45, 7) is 2.58. The van der Waals surface area contributed by atoms with Gasteiger partial charge in [-0.1, -0.05) is 36.2 Å². The van der Waals surface area contributed by atoms with Gasteiger partial charge in [-0.3, -0.25) is 0 Å². The zero-order valence-corrected chi connectivity index (χ0v) is 11.2. The highest BCUT2D eigenvalue weighted by Crippen LogP contribution is 2.43. The predicted molar refractivity (Wildman–Crippen MR) is 69.6 cm³/mol. The Labute approximate surface area is 103 Å². The van der Waals surface area contributed by atoms with Crippen LogP contribution in [0.15, 0.2) is 24.3 Å². The minimum absolute atomic E-state index is 0.0246. The number of nitrogens with one attached hydrogen (secondary N) is 1. The Morgan fingerprint density at radius 2 is 1.82 bits per heavy atom. The van der Waals surface area contributed by atoms with Crippen molar-refractivity contribution >= 4 is 10.0 Å². The molecule has 0 aliphatic heterocycles. The lowest BCUT2D eigenvalue weighted by Gasteiger charge is -2.42. The number of benzene rings is 1. The van der Waals surface area contributed by atoms with Gasteiger partial charge in [0.2, 0.25) is 10.0 Å². The average molecular weight is 253 g/mol. The number of hydrogen-bond acceptors (Lipinski definition) is 2. The fourth-order valence-corrected chi connectivity index (χ4v) is 2.89. The number of sulfonamides is 1. The van der Waals surface area contributed by atoms with Gasteiger partial charge < -0.3 is 0 Å². The van der Waals surface area contributed by atoms with E-state index >= 15 is 0 Å². The fraction of sp³-hybridized carbons (Fsp3) is 0.538. The van der Waals surface area contributed by atoms with E-state index in [0.717, 1.165) is 12.8 Å². The van der Waals surface area contributed by atoms with Gasteiger partial charge >= 0.3 is 0 Å². The van der Waals surface area contributed by atoms with Crippen LogP contribution in [0.2, 0.25) is 0 Å². The van der Waals surface area contributed by atoms with Crippen LogP contribution in [-0.2, 0) is 15.4 Å². The number of hydrogen-bond donors (Lipinski definition) is 1. The summed E-state index contributed by atoms with van der Waals surface area (Å²) in [5.74, 6) is 0. The van der Waals surface area contributed by atoms with Crippen LogP contribution >= 0.6 is 0 Å². The van der Waals surface area contributed by atoms with Gasteiger partial charge in [-0.25, -0.2) is 13.1 Å². The van der Waals surface area contributed by atoms with Crippen molar-refractivity contribution < 1.29 is 8.42 Å². The Hall–Kier alpha value is -0.870. The van der Waals surface area contributed by atoms with Crippen molar-refractivity contribution in [3.63, 3.8) is 0 Å². The van der Waals surface area contributed by atoms with Gasteiger partial charge in [-0.15, -0.1) is 0 Å². The normalized spacial score (nSPS) is 18.7. The van der Waals surface area contributed by atoms with E-state index in [2.05, 4.69) is 35.9 Å². The van der Waals surface area contributed by atoms with Crippen molar-refractivity contribution in [1.29, 1.82) is 0 Å². The molecule has 4 heteroatoms. The summed E-state index contributed by atoms with van der Waals surface area (Å²) in [6, 6.07) is 8.43. The standard InChI is InChI=1S/C13H19NO2S/c1-11-4-6-12(7-5-11)13(8-3-9-13)10-14-17(2,15)16/h4-7,14H,3,8-10H2,1-2H3. The molecular weight excluding hydrogens is 234 g/mol. The smallest absolute Gasteiger partial charge is 0.208 e. The summed E-state index contributed by atoms with van der Waals surface area (Å²) in [7, 11) is -3.10. The van der Waals surface area contributed by atoms with E-state index in [1.54, 1.807) is 0 Å². The molecule has 0 aromatic heterocycles. The molecule has 94 valence electrons. The predicted octanol–water partition coefficient (Wildman–Crippen LogP) is 1.97. The summed E-state index contributed by atoms with van der Waals surface area (Å²) >= 11 is 0. The molecule has 1 saturated carbocycles. The third kappa shape index (κ3) is 2.87. The lowest BCUT2D eigenvalue weighted by Crippen LogP contribution is -2.45. The SMILES string of the molecule is Cc1ccc(C2(CNS(C)(=O)=O)CCC2)cc1.